The van der Waals surface area contributed by atoms with E-state index >= 15 is 0 Å². The molecule has 0 amide bonds. The molecule has 2 aromatic heterocycles. The first-order chi connectivity index (χ1) is 21.8. The number of hydrogen-bond donors (Lipinski definition) is 2. The molecule has 3 aromatic carbocycles. The van der Waals surface area contributed by atoms with E-state index in [2.05, 4.69) is 12.3 Å². The van der Waals surface area contributed by atoms with Crippen molar-refractivity contribution in [2.24, 2.45) is 10.9 Å². The molecule has 0 aliphatic heterocycles. The summed E-state index contributed by atoms with van der Waals surface area (Å²) in [7, 11) is 1.50. The minimum Gasteiger partial charge on any atom is -0.333 e. The molecule has 244 valence electrons. The standard InChI is InChI=1S/C19H16F3N.C13H9F4NS.CH5N.CH2O/c1-4-14-7-8-18-15(6-5-9-23(14)18)16-10-12(2)13(3)11-17(16)19(20,21)22;1-6-2-4-7(5-3-6)8-9(14)11(16)13(19-18)12(17)10(8)15;2*1-2/h4-11H,1H2,2-3H3;2-5H,18H2,1H3;2H2,1H3;1H2. The molecule has 0 fully saturated rings. The Hall–Kier alpha value is -4.39. The molecule has 5 rings (SSSR count). The van der Waals surface area contributed by atoms with Crippen LogP contribution in [0, 0.1) is 44.0 Å². The highest BCUT2D eigenvalue weighted by Crippen LogP contribution is 2.40. The van der Waals surface area contributed by atoms with E-state index in [0.717, 1.165) is 22.3 Å². The van der Waals surface area contributed by atoms with Gasteiger partial charge in [-0.15, -0.1) is 0 Å². The molecule has 0 spiro atoms. The Balaban J connectivity index is 0.000000293. The van der Waals surface area contributed by atoms with Crippen molar-refractivity contribution >= 4 is 30.3 Å². The maximum Gasteiger partial charge on any atom is 0.417 e. The summed E-state index contributed by atoms with van der Waals surface area (Å²) in [6.07, 6.45) is -0.888. The molecule has 0 atom stereocenters. The van der Waals surface area contributed by atoms with Crippen LogP contribution in [0.4, 0.5) is 30.7 Å². The number of benzene rings is 3. The molecule has 4 N–H and O–H groups in total. The van der Waals surface area contributed by atoms with E-state index in [1.165, 1.54) is 25.2 Å². The smallest absolute Gasteiger partial charge is 0.333 e. The third-order valence-electron chi connectivity index (χ3n) is 6.84. The van der Waals surface area contributed by atoms with E-state index in [-0.39, 0.29) is 23.1 Å². The number of pyridine rings is 1. The second-order valence-corrected chi connectivity index (χ2v) is 10.2. The number of carbonyl (C=O) groups excluding carboxylic acids is 1. The van der Waals surface area contributed by atoms with E-state index in [1.54, 1.807) is 50.3 Å². The van der Waals surface area contributed by atoms with Crippen molar-refractivity contribution in [2.75, 3.05) is 7.05 Å². The minimum atomic E-state index is -4.39. The number of alkyl halides is 3. The van der Waals surface area contributed by atoms with Crippen molar-refractivity contribution in [3.8, 4) is 22.3 Å². The predicted octanol–water partition coefficient (Wildman–Crippen LogP) is 9.46. The SMILES string of the molecule is C=Cc1ccc2c(-c3cc(C)c(C)cc3C(F)(F)F)cccn12.C=O.CN.Cc1ccc(-c2c(F)c(F)c(SN)c(F)c2F)cc1. The van der Waals surface area contributed by atoms with E-state index < -0.39 is 45.5 Å². The summed E-state index contributed by atoms with van der Waals surface area (Å²) in [5, 5.41) is 5.00. The maximum absolute atomic E-state index is 13.8. The Bertz CT molecular complexity index is 1790. The van der Waals surface area contributed by atoms with Crippen LogP contribution in [0.3, 0.4) is 0 Å². The lowest BCUT2D eigenvalue weighted by Crippen LogP contribution is -2.08. The van der Waals surface area contributed by atoms with Crippen molar-refractivity contribution in [1.29, 1.82) is 0 Å². The van der Waals surface area contributed by atoms with Crippen LogP contribution in [0.2, 0.25) is 0 Å². The van der Waals surface area contributed by atoms with Crippen LogP contribution in [0.15, 0.2) is 78.3 Å². The Morgan fingerprint density at radius 1 is 0.783 bits per heavy atom. The third kappa shape index (κ3) is 7.87. The van der Waals surface area contributed by atoms with E-state index in [0.29, 0.717) is 11.1 Å². The molecule has 4 nitrogen and oxygen atoms in total. The van der Waals surface area contributed by atoms with Crippen molar-refractivity contribution < 1.29 is 35.5 Å². The Morgan fingerprint density at radius 3 is 1.83 bits per heavy atom. The molecule has 0 bridgehead atoms. The van der Waals surface area contributed by atoms with Crippen molar-refractivity contribution in [3.63, 3.8) is 0 Å². The molecule has 0 unspecified atom stereocenters. The molecule has 46 heavy (non-hydrogen) atoms. The fraction of sp³-hybridized carbons (Fsp3) is 0.147. The molecule has 0 saturated carbocycles. The van der Waals surface area contributed by atoms with Crippen molar-refractivity contribution in [2.45, 2.75) is 31.8 Å². The molecule has 12 heteroatoms. The Kier molecular flexibility index (Phi) is 13.4. The number of aromatic nitrogens is 1. The van der Waals surface area contributed by atoms with Gasteiger partial charge in [-0.3, -0.25) is 5.14 Å². The first kappa shape index (κ1) is 37.8. The summed E-state index contributed by atoms with van der Waals surface area (Å²) in [5.41, 5.74) is 7.92. The number of nitrogens with zero attached hydrogens (tertiary/aromatic N) is 1. The van der Waals surface area contributed by atoms with Gasteiger partial charge in [0.05, 0.1) is 16.6 Å². The summed E-state index contributed by atoms with van der Waals surface area (Å²) in [6.45, 7) is 11.0. The number of rotatable bonds is 4. The molecule has 0 saturated heterocycles. The quantitative estimate of drug-likeness (QED) is 0.114. The van der Waals surface area contributed by atoms with Crippen LogP contribution in [-0.2, 0) is 11.0 Å². The topological polar surface area (TPSA) is 73.5 Å². The zero-order chi connectivity index (χ0) is 34.9. The number of hydrogen-bond acceptors (Lipinski definition) is 4. The number of halogens is 7. The molecular weight excluding hydrogens is 631 g/mol. The molecule has 0 aliphatic carbocycles. The predicted molar refractivity (Wildman–Crippen MR) is 171 cm³/mol. The average molecular weight is 664 g/mol. The fourth-order valence-electron chi connectivity index (χ4n) is 4.52. The van der Waals surface area contributed by atoms with Crippen molar-refractivity contribution in [3.05, 3.63) is 125 Å². The van der Waals surface area contributed by atoms with Crippen LogP contribution < -0.4 is 10.9 Å². The zero-order valence-corrected chi connectivity index (χ0v) is 26.2. The number of fused-ring (bicyclic) bond motifs is 1. The largest absolute Gasteiger partial charge is 0.417 e. The number of carbonyl (C=O) groups is 1. The summed E-state index contributed by atoms with van der Waals surface area (Å²) >= 11 is 0.127. The van der Waals surface area contributed by atoms with E-state index in [4.69, 9.17) is 9.93 Å². The van der Waals surface area contributed by atoms with E-state index in [1.807, 2.05) is 36.4 Å². The minimum absolute atomic E-state index is 0.0620. The first-order valence-corrected chi connectivity index (χ1v) is 14.3. The lowest BCUT2D eigenvalue weighted by atomic mass is 9.94. The van der Waals surface area contributed by atoms with Crippen LogP contribution in [-0.4, -0.2) is 18.2 Å². The van der Waals surface area contributed by atoms with Gasteiger partial charge in [0.25, 0.3) is 0 Å². The normalized spacial score (nSPS) is 10.6. The second-order valence-electron chi connectivity index (χ2n) is 9.56. The lowest BCUT2D eigenvalue weighted by Gasteiger charge is -2.17. The monoisotopic (exact) mass is 663 g/mol. The molecule has 0 aliphatic rings. The van der Waals surface area contributed by atoms with Gasteiger partial charge in [0, 0.05) is 17.5 Å². The van der Waals surface area contributed by atoms with Gasteiger partial charge in [0.2, 0.25) is 0 Å². The molecule has 5 aromatic rings. The van der Waals surface area contributed by atoms with Gasteiger partial charge in [-0.05, 0) is 92.4 Å². The zero-order valence-electron chi connectivity index (χ0n) is 25.4. The molecule has 2 heterocycles. The van der Waals surface area contributed by atoms with Crippen molar-refractivity contribution in [1.82, 2.24) is 4.40 Å². The lowest BCUT2D eigenvalue weighted by molar-refractivity contribution is -0.137. The van der Waals surface area contributed by atoms with Crippen LogP contribution >= 0.6 is 11.9 Å². The van der Waals surface area contributed by atoms with Gasteiger partial charge in [-0.25, -0.2) is 17.6 Å². The van der Waals surface area contributed by atoms with E-state index in [9.17, 15) is 30.7 Å². The highest BCUT2D eigenvalue weighted by atomic mass is 32.2. The third-order valence-corrected chi connectivity index (χ3v) is 7.44. The summed E-state index contributed by atoms with van der Waals surface area (Å²) in [4.78, 5) is 7.13. The van der Waals surface area contributed by atoms with Gasteiger partial charge in [-0.1, -0.05) is 48.5 Å². The Morgan fingerprint density at radius 2 is 1.33 bits per heavy atom. The van der Waals surface area contributed by atoms with Gasteiger partial charge >= 0.3 is 6.18 Å². The first-order valence-electron chi connectivity index (χ1n) is 13.4. The fourth-order valence-corrected chi connectivity index (χ4v) is 4.90. The van der Waals surface area contributed by atoms with Gasteiger partial charge < -0.3 is 14.9 Å². The summed E-state index contributed by atoms with van der Waals surface area (Å²) in [5.74, 6) is -5.87. The van der Waals surface area contributed by atoms with Gasteiger partial charge in [0.1, 0.15) is 11.7 Å². The van der Waals surface area contributed by atoms with Crippen LogP contribution in [0.1, 0.15) is 27.9 Å². The van der Waals surface area contributed by atoms with Gasteiger partial charge in [0.15, 0.2) is 23.3 Å². The Labute approximate surface area is 266 Å². The summed E-state index contributed by atoms with van der Waals surface area (Å²) < 4.78 is 97.2. The maximum atomic E-state index is 13.8. The highest BCUT2D eigenvalue weighted by Gasteiger charge is 2.34. The summed E-state index contributed by atoms with van der Waals surface area (Å²) in [6, 6.07) is 16.0. The van der Waals surface area contributed by atoms with Crippen LogP contribution in [0.5, 0.6) is 0 Å². The highest BCUT2D eigenvalue weighted by molar-refractivity contribution is 7.97. The number of nitrogens with two attached hydrogens (primary N) is 2. The second kappa shape index (κ2) is 16.3. The molecule has 0 radical (unpaired) electrons. The average Bonchev–Trinajstić information content (AvgIpc) is 3.48. The number of aryl methyl sites for hydroxylation is 3. The van der Waals surface area contributed by atoms with Crippen LogP contribution in [0.25, 0.3) is 33.8 Å². The van der Waals surface area contributed by atoms with Gasteiger partial charge in [-0.2, -0.15) is 13.2 Å². The molecular formula is C34H32F7N3OS.